The van der Waals surface area contributed by atoms with Crippen LogP contribution in [0.2, 0.25) is 5.02 Å². The molecule has 2 fully saturated rings. The van der Waals surface area contributed by atoms with Gasteiger partial charge in [0.2, 0.25) is 5.91 Å². The number of likely N-dealkylation sites (N-methyl/N-ethyl adjacent to an activating group) is 1. The van der Waals surface area contributed by atoms with Gasteiger partial charge in [0.25, 0.3) is 0 Å². The first-order valence-electron chi connectivity index (χ1n) is 9.13. The van der Waals surface area contributed by atoms with Gasteiger partial charge < -0.3 is 25.2 Å². The van der Waals surface area contributed by atoms with Crippen molar-refractivity contribution in [3.63, 3.8) is 0 Å². The third-order valence-electron chi connectivity index (χ3n) is 5.40. The lowest BCUT2D eigenvalue weighted by atomic mass is 10.0. The van der Waals surface area contributed by atoms with Crippen LogP contribution in [-0.4, -0.2) is 58.2 Å². The second kappa shape index (κ2) is 6.92. The van der Waals surface area contributed by atoms with Gasteiger partial charge in [0.1, 0.15) is 5.65 Å². The van der Waals surface area contributed by atoms with Crippen LogP contribution in [0.1, 0.15) is 25.7 Å². The van der Waals surface area contributed by atoms with Gasteiger partial charge in [0.05, 0.1) is 34.0 Å². The number of carboxylic acid groups (broad SMARTS) is 1. The highest BCUT2D eigenvalue weighted by Gasteiger charge is 2.32. The first kappa shape index (κ1) is 17.9. The molecule has 0 spiro atoms. The van der Waals surface area contributed by atoms with E-state index in [-0.39, 0.29) is 17.9 Å². The number of hydrogen-bond donors (Lipinski definition) is 3. The van der Waals surface area contributed by atoms with Gasteiger partial charge in [-0.05, 0) is 25.7 Å². The number of anilines is 2. The van der Waals surface area contributed by atoms with E-state index in [2.05, 4.69) is 20.2 Å². The number of aromatic amines is 1. The summed E-state index contributed by atoms with van der Waals surface area (Å²) in [6.07, 6.45) is 5.91. The molecule has 2 aliphatic rings. The number of nitrogens with zero attached hydrogens (tertiary/aromatic N) is 3. The highest BCUT2D eigenvalue weighted by atomic mass is 35.5. The Balaban J connectivity index is 1.69. The van der Waals surface area contributed by atoms with E-state index < -0.39 is 6.09 Å². The zero-order valence-corrected chi connectivity index (χ0v) is 15.8. The molecule has 0 bridgehead atoms. The van der Waals surface area contributed by atoms with E-state index in [4.69, 9.17) is 11.6 Å². The third kappa shape index (κ3) is 3.41. The summed E-state index contributed by atoms with van der Waals surface area (Å²) in [6.45, 7) is 1.31. The number of fused-ring (bicyclic) bond motifs is 1. The fourth-order valence-corrected chi connectivity index (χ4v) is 3.94. The number of halogens is 1. The van der Waals surface area contributed by atoms with Crippen LogP contribution < -0.4 is 10.2 Å². The smallest absolute Gasteiger partial charge is 0.407 e. The summed E-state index contributed by atoms with van der Waals surface area (Å²) in [5.41, 5.74) is 2.10. The maximum atomic E-state index is 12.2. The fraction of sp³-hybridized carbons (Fsp3) is 0.500. The molecule has 1 aliphatic carbocycles. The second-order valence-corrected chi connectivity index (χ2v) is 7.69. The Hall–Kier alpha value is -2.48. The first-order chi connectivity index (χ1) is 13.0. The molecule has 9 heteroatoms. The minimum absolute atomic E-state index is 0.0176. The van der Waals surface area contributed by atoms with Crippen molar-refractivity contribution in [1.82, 2.24) is 14.9 Å². The van der Waals surface area contributed by atoms with E-state index in [1.807, 2.05) is 0 Å². The van der Waals surface area contributed by atoms with E-state index >= 15 is 0 Å². The van der Waals surface area contributed by atoms with Crippen molar-refractivity contribution >= 4 is 46.0 Å². The lowest BCUT2D eigenvalue weighted by Gasteiger charge is -2.38. The molecule has 4 rings (SSSR count). The topological polar surface area (TPSA) is 102 Å². The molecular formula is C18H22ClN5O3. The average molecular weight is 392 g/mol. The van der Waals surface area contributed by atoms with Crippen molar-refractivity contribution in [2.75, 3.05) is 30.4 Å². The number of piperidine rings is 1. The highest BCUT2D eigenvalue weighted by Crippen LogP contribution is 2.40. The van der Waals surface area contributed by atoms with Gasteiger partial charge >= 0.3 is 6.09 Å². The summed E-state index contributed by atoms with van der Waals surface area (Å²) >= 11 is 6.51. The number of nitrogens with one attached hydrogen (secondary N) is 2. The monoisotopic (exact) mass is 391 g/mol. The van der Waals surface area contributed by atoms with Crippen molar-refractivity contribution in [1.29, 1.82) is 0 Å². The molecular weight excluding hydrogens is 370 g/mol. The van der Waals surface area contributed by atoms with Crippen LogP contribution in [0.5, 0.6) is 0 Å². The molecule has 0 aromatic carbocycles. The highest BCUT2D eigenvalue weighted by molar-refractivity contribution is 6.35. The fourth-order valence-electron chi connectivity index (χ4n) is 3.67. The van der Waals surface area contributed by atoms with Gasteiger partial charge in [-0.25, -0.2) is 9.78 Å². The number of pyridine rings is 1. The second-order valence-electron chi connectivity index (χ2n) is 7.28. The van der Waals surface area contributed by atoms with Crippen molar-refractivity contribution in [3.8, 4) is 0 Å². The van der Waals surface area contributed by atoms with Crippen molar-refractivity contribution in [3.05, 3.63) is 17.4 Å². The van der Waals surface area contributed by atoms with Crippen LogP contribution in [0, 0.1) is 5.92 Å². The molecule has 8 nitrogen and oxygen atoms in total. The minimum Gasteiger partial charge on any atom is -0.465 e. The minimum atomic E-state index is -0.938. The number of hydrogen-bond acceptors (Lipinski definition) is 4. The van der Waals surface area contributed by atoms with E-state index in [1.54, 1.807) is 19.4 Å². The molecule has 144 valence electrons. The standard InChI is InChI=1S/C18H22ClN5O3/c1-23(18(26)27)11-3-2-6-24(9-11)15-12(19)7-20-16-14(15)13(8-21-16)22-17(25)10-4-5-10/h7-8,10-11H,2-6,9H2,1H3,(H,20,21)(H,22,25)(H,26,27). The maximum Gasteiger partial charge on any atom is 0.407 e. The summed E-state index contributed by atoms with van der Waals surface area (Å²) in [6, 6.07) is -0.112. The quantitative estimate of drug-likeness (QED) is 0.743. The summed E-state index contributed by atoms with van der Waals surface area (Å²) in [5.74, 6) is 0.109. The van der Waals surface area contributed by atoms with Crippen molar-refractivity contribution in [2.45, 2.75) is 31.7 Å². The Morgan fingerprint density at radius 1 is 1.41 bits per heavy atom. The summed E-state index contributed by atoms with van der Waals surface area (Å²) in [4.78, 5) is 34.5. The van der Waals surface area contributed by atoms with E-state index in [9.17, 15) is 14.7 Å². The SMILES string of the molecule is CN(C(=O)O)C1CCCN(c2c(Cl)cnc3[nH]cc(NC(=O)C4CC4)c23)C1. The summed E-state index contributed by atoms with van der Waals surface area (Å²) in [5, 5.41) is 13.6. The Morgan fingerprint density at radius 3 is 2.89 bits per heavy atom. The van der Waals surface area contributed by atoms with Crippen LogP contribution in [0.15, 0.2) is 12.4 Å². The molecule has 3 N–H and O–H groups in total. The van der Waals surface area contributed by atoms with E-state index in [0.717, 1.165) is 43.3 Å². The van der Waals surface area contributed by atoms with Crippen LogP contribution in [0.25, 0.3) is 11.0 Å². The van der Waals surface area contributed by atoms with Crippen molar-refractivity contribution < 1.29 is 14.7 Å². The Bertz CT molecular complexity index is 894. The Kier molecular flexibility index (Phi) is 4.59. The summed E-state index contributed by atoms with van der Waals surface area (Å²) < 4.78 is 0. The number of carbonyl (C=O) groups is 2. The van der Waals surface area contributed by atoms with Gasteiger partial charge in [0.15, 0.2) is 0 Å². The molecule has 2 aromatic rings. The predicted molar refractivity (Wildman–Crippen MR) is 103 cm³/mol. The largest absolute Gasteiger partial charge is 0.465 e. The van der Waals surface area contributed by atoms with Crippen LogP contribution in [-0.2, 0) is 4.79 Å². The van der Waals surface area contributed by atoms with E-state index in [0.29, 0.717) is 22.9 Å². The van der Waals surface area contributed by atoms with Crippen LogP contribution >= 0.6 is 11.6 Å². The average Bonchev–Trinajstić information content (AvgIpc) is 3.44. The first-order valence-corrected chi connectivity index (χ1v) is 9.50. The molecule has 0 radical (unpaired) electrons. The van der Waals surface area contributed by atoms with Gasteiger partial charge in [-0.15, -0.1) is 0 Å². The number of aromatic nitrogens is 2. The molecule has 1 saturated heterocycles. The zero-order chi connectivity index (χ0) is 19.1. The molecule has 2 amide bonds. The van der Waals surface area contributed by atoms with Gasteiger partial charge in [-0.1, -0.05) is 11.6 Å². The van der Waals surface area contributed by atoms with Crippen LogP contribution in [0.4, 0.5) is 16.2 Å². The van der Waals surface area contributed by atoms with Gasteiger partial charge in [-0.3, -0.25) is 4.79 Å². The zero-order valence-electron chi connectivity index (χ0n) is 15.0. The number of amides is 2. The Morgan fingerprint density at radius 2 is 2.19 bits per heavy atom. The van der Waals surface area contributed by atoms with E-state index in [1.165, 1.54) is 4.90 Å². The Labute approximate surface area is 161 Å². The number of H-pyrrole nitrogens is 1. The van der Waals surface area contributed by atoms with Crippen molar-refractivity contribution in [2.24, 2.45) is 5.92 Å². The van der Waals surface area contributed by atoms with Gasteiger partial charge in [0, 0.05) is 32.3 Å². The predicted octanol–water partition coefficient (Wildman–Crippen LogP) is 3.14. The molecule has 2 aromatic heterocycles. The lowest BCUT2D eigenvalue weighted by molar-refractivity contribution is -0.117. The molecule has 27 heavy (non-hydrogen) atoms. The number of rotatable bonds is 4. The molecule has 3 heterocycles. The summed E-state index contributed by atoms with van der Waals surface area (Å²) in [7, 11) is 1.60. The van der Waals surface area contributed by atoms with Crippen LogP contribution in [0.3, 0.4) is 0 Å². The molecule has 1 unspecified atom stereocenters. The molecule has 1 aliphatic heterocycles. The maximum absolute atomic E-state index is 12.2. The normalized spacial score (nSPS) is 19.9. The lowest BCUT2D eigenvalue weighted by Crippen LogP contribution is -2.48. The number of carbonyl (C=O) groups excluding carboxylic acids is 1. The van der Waals surface area contributed by atoms with Gasteiger partial charge in [-0.2, -0.15) is 0 Å². The third-order valence-corrected chi connectivity index (χ3v) is 5.67. The molecule has 1 saturated carbocycles. The molecule has 1 atom stereocenters.